The van der Waals surface area contributed by atoms with Gasteiger partial charge in [0.1, 0.15) is 0 Å². The van der Waals surface area contributed by atoms with Gasteiger partial charge in [-0.25, -0.2) is 4.79 Å². The van der Waals surface area contributed by atoms with Crippen molar-refractivity contribution < 1.29 is 14.3 Å². The van der Waals surface area contributed by atoms with Crippen molar-refractivity contribution in [2.24, 2.45) is 5.73 Å². The van der Waals surface area contributed by atoms with Gasteiger partial charge in [0.15, 0.2) is 5.92 Å². The van der Waals surface area contributed by atoms with E-state index in [9.17, 15) is 14.9 Å². The molecule has 146 valence electrons. The molecule has 0 saturated heterocycles. The molecule has 0 fully saturated rings. The molecule has 3 rings (SSSR count). The number of nitrogens with zero attached hydrogens (tertiary/aromatic N) is 2. The minimum atomic E-state index is -1.30. The van der Waals surface area contributed by atoms with Crippen LogP contribution >= 0.6 is 15.9 Å². The summed E-state index contributed by atoms with van der Waals surface area (Å²) < 4.78 is 7.85. The Morgan fingerprint density at radius 2 is 1.83 bits per heavy atom. The molecule has 29 heavy (non-hydrogen) atoms. The van der Waals surface area contributed by atoms with Gasteiger partial charge in [-0.2, -0.15) is 5.26 Å². The lowest BCUT2D eigenvalue weighted by Crippen LogP contribution is -2.22. The third-order valence-electron chi connectivity index (χ3n) is 4.39. The number of nitriles is 1. The molecule has 1 atom stereocenters. The van der Waals surface area contributed by atoms with Gasteiger partial charge in [-0.05, 0) is 36.8 Å². The summed E-state index contributed by atoms with van der Waals surface area (Å²) in [5.74, 6) is -2.75. The first-order valence-electron chi connectivity index (χ1n) is 8.90. The van der Waals surface area contributed by atoms with E-state index in [-0.39, 0.29) is 17.7 Å². The topological polar surface area (TPSA) is 98.1 Å². The van der Waals surface area contributed by atoms with Crippen molar-refractivity contribution in [3.8, 4) is 23.0 Å². The third kappa shape index (κ3) is 4.08. The van der Waals surface area contributed by atoms with E-state index >= 15 is 0 Å². The molecule has 1 heterocycles. The highest BCUT2D eigenvalue weighted by molar-refractivity contribution is 9.10. The number of aromatic nitrogens is 1. The van der Waals surface area contributed by atoms with Gasteiger partial charge in [0.2, 0.25) is 5.91 Å². The summed E-state index contributed by atoms with van der Waals surface area (Å²) in [5, 5.41) is 9.66. The molecule has 0 aliphatic rings. The number of nitrogens with two attached hydrogens (primary N) is 1. The minimum Gasteiger partial charge on any atom is -0.462 e. The van der Waals surface area contributed by atoms with Crippen LogP contribution in [0.2, 0.25) is 0 Å². The molecule has 1 aromatic heterocycles. The number of amides is 1. The van der Waals surface area contributed by atoms with E-state index in [4.69, 9.17) is 10.5 Å². The third-order valence-corrected chi connectivity index (χ3v) is 4.92. The number of primary amides is 1. The van der Waals surface area contributed by atoms with Crippen molar-refractivity contribution in [2.45, 2.75) is 12.8 Å². The first-order chi connectivity index (χ1) is 14.0. The Hall–Kier alpha value is -3.37. The molecule has 6 nitrogen and oxygen atoms in total. The predicted octanol–water partition coefficient (Wildman–Crippen LogP) is 4.18. The molecule has 2 N–H and O–H groups in total. The maximum absolute atomic E-state index is 12.7. The second kappa shape index (κ2) is 8.76. The molecule has 0 aliphatic carbocycles. The summed E-state index contributed by atoms with van der Waals surface area (Å²) in [6.07, 6.45) is 1.59. The SMILES string of the molecule is CCOC(=O)c1cn(-c2ccc(Br)cc2)c(-c2ccccc2)c1C(C#N)C(N)=O. The summed E-state index contributed by atoms with van der Waals surface area (Å²) in [6.45, 7) is 1.85. The number of carbonyl (C=O) groups excluding carboxylic acids is 2. The minimum absolute atomic E-state index is 0.138. The molecular weight excluding hydrogens is 434 g/mol. The lowest BCUT2D eigenvalue weighted by atomic mass is 9.93. The number of rotatable bonds is 6. The van der Waals surface area contributed by atoms with Crippen LogP contribution in [0.4, 0.5) is 0 Å². The van der Waals surface area contributed by atoms with E-state index in [0.29, 0.717) is 5.69 Å². The standard InChI is InChI=1S/C22H18BrN3O3/c1-2-29-22(28)18-13-26(16-10-8-15(23)9-11-16)20(14-6-4-3-5-7-14)19(18)17(12-24)21(25)27/h3-11,13,17H,2H2,1H3,(H2,25,27). The lowest BCUT2D eigenvalue weighted by Gasteiger charge is -2.14. The number of hydrogen-bond donors (Lipinski definition) is 1. The highest BCUT2D eigenvalue weighted by Crippen LogP contribution is 2.36. The second-order valence-electron chi connectivity index (χ2n) is 6.20. The van der Waals surface area contributed by atoms with Crippen molar-refractivity contribution in [3.05, 3.63) is 76.4 Å². The molecular formula is C22H18BrN3O3. The number of halogens is 1. The van der Waals surface area contributed by atoms with Crippen molar-refractivity contribution in [1.82, 2.24) is 4.57 Å². The summed E-state index contributed by atoms with van der Waals surface area (Å²) >= 11 is 3.41. The molecule has 1 unspecified atom stereocenters. The van der Waals surface area contributed by atoms with Crippen LogP contribution in [0.5, 0.6) is 0 Å². The van der Waals surface area contributed by atoms with Gasteiger partial charge < -0.3 is 15.0 Å². The van der Waals surface area contributed by atoms with E-state index in [0.717, 1.165) is 15.7 Å². The molecule has 1 amide bonds. The number of ether oxygens (including phenoxy) is 1. The van der Waals surface area contributed by atoms with Crippen LogP contribution in [0, 0.1) is 11.3 Å². The van der Waals surface area contributed by atoms with Gasteiger partial charge in [-0.3, -0.25) is 4.79 Å². The monoisotopic (exact) mass is 451 g/mol. The van der Waals surface area contributed by atoms with Crippen LogP contribution in [0.25, 0.3) is 16.9 Å². The predicted molar refractivity (Wildman–Crippen MR) is 112 cm³/mol. The smallest absolute Gasteiger partial charge is 0.340 e. The van der Waals surface area contributed by atoms with E-state index in [1.807, 2.05) is 60.7 Å². The molecule has 0 radical (unpaired) electrons. The summed E-state index contributed by atoms with van der Waals surface area (Å²) in [7, 11) is 0. The van der Waals surface area contributed by atoms with Crippen molar-refractivity contribution in [3.63, 3.8) is 0 Å². The first-order valence-corrected chi connectivity index (χ1v) is 9.69. The van der Waals surface area contributed by atoms with E-state index in [1.54, 1.807) is 17.7 Å². The molecule has 0 saturated carbocycles. The zero-order valence-electron chi connectivity index (χ0n) is 15.6. The second-order valence-corrected chi connectivity index (χ2v) is 7.12. The van der Waals surface area contributed by atoms with Crippen LogP contribution in [-0.2, 0) is 9.53 Å². The Morgan fingerprint density at radius 1 is 1.17 bits per heavy atom. The summed E-state index contributed by atoms with van der Waals surface area (Å²) in [6, 6.07) is 18.6. The van der Waals surface area contributed by atoms with Gasteiger partial charge in [0, 0.05) is 21.9 Å². The van der Waals surface area contributed by atoms with Crippen LogP contribution < -0.4 is 5.73 Å². The fourth-order valence-electron chi connectivity index (χ4n) is 3.15. The average molecular weight is 452 g/mol. The van der Waals surface area contributed by atoms with Crippen LogP contribution in [0.3, 0.4) is 0 Å². The van der Waals surface area contributed by atoms with Crippen molar-refractivity contribution in [1.29, 1.82) is 5.26 Å². The maximum Gasteiger partial charge on any atom is 0.340 e. The number of carbonyl (C=O) groups is 2. The van der Waals surface area contributed by atoms with E-state index < -0.39 is 17.8 Å². The van der Waals surface area contributed by atoms with E-state index in [1.165, 1.54) is 0 Å². The largest absolute Gasteiger partial charge is 0.462 e. The Labute approximate surface area is 176 Å². The van der Waals surface area contributed by atoms with Gasteiger partial charge in [-0.15, -0.1) is 0 Å². The highest BCUT2D eigenvalue weighted by Gasteiger charge is 2.32. The Balaban J connectivity index is 2.39. The lowest BCUT2D eigenvalue weighted by molar-refractivity contribution is -0.118. The highest BCUT2D eigenvalue weighted by atomic mass is 79.9. The molecule has 3 aromatic rings. The fraction of sp³-hybridized carbons (Fsp3) is 0.136. The van der Waals surface area contributed by atoms with Gasteiger partial charge in [0.25, 0.3) is 0 Å². The molecule has 0 aliphatic heterocycles. The Bertz CT molecular complexity index is 1080. The van der Waals surface area contributed by atoms with Crippen molar-refractivity contribution in [2.75, 3.05) is 6.61 Å². The normalized spacial score (nSPS) is 11.5. The van der Waals surface area contributed by atoms with Gasteiger partial charge in [0.05, 0.1) is 23.9 Å². The zero-order chi connectivity index (χ0) is 21.0. The summed E-state index contributed by atoms with van der Waals surface area (Å²) in [5.41, 5.74) is 7.92. The molecule has 2 aromatic carbocycles. The van der Waals surface area contributed by atoms with Crippen LogP contribution in [0.1, 0.15) is 28.8 Å². The van der Waals surface area contributed by atoms with Gasteiger partial charge >= 0.3 is 5.97 Å². The van der Waals surface area contributed by atoms with Crippen molar-refractivity contribution >= 4 is 27.8 Å². The quantitative estimate of drug-likeness (QED) is 0.568. The van der Waals surface area contributed by atoms with Gasteiger partial charge in [-0.1, -0.05) is 46.3 Å². The van der Waals surface area contributed by atoms with Crippen LogP contribution in [-0.4, -0.2) is 23.1 Å². The van der Waals surface area contributed by atoms with E-state index in [2.05, 4.69) is 15.9 Å². The average Bonchev–Trinajstić information content (AvgIpc) is 3.10. The number of hydrogen-bond acceptors (Lipinski definition) is 4. The summed E-state index contributed by atoms with van der Waals surface area (Å²) in [4.78, 5) is 24.8. The molecule has 7 heteroatoms. The number of benzene rings is 2. The fourth-order valence-corrected chi connectivity index (χ4v) is 3.41. The Kier molecular flexibility index (Phi) is 6.15. The molecule has 0 bridgehead atoms. The maximum atomic E-state index is 12.7. The first kappa shape index (κ1) is 20.4. The van der Waals surface area contributed by atoms with Crippen LogP contribution in [0.15, 0.2) is 65.3 Å². The Morgan fingerprint density at radius 3 is 2.38 bits per heavy atom. The zero-order valence-corrected chi connectivity index (χ0v) is 17.2. The molecule has 0 spiro atoms. The number of esters is 1.